The van der Waals surface area contributed by atoms with Crippen LogP contribution in [0.15, 0.2) is 36.5 Å². The van der Waals surface area contributed by atoms with Crippen LogP contribution in [-0.4, -0.2) is 58.1 Å². The van der Waals surface area contributed by atoms with Gasteiger partial charge in [-0.25, -0.2) is 9.67 Å². The number of aromatic hydroxyl groups is 1. The molecule has 0 spiro atoms. The molecule has 29 heavy (non-hydrogen) atoms. The molecule has 1 unspecified atom stereocenters. The van der Waals surface area contributed by atoms with Crippen molar-refractivity contribution in [1.29, 1.82) is 0 Å². The fourth-order valence-electron chi connectivity index (χ4n) is 4.16. The van der Waals surface area contributed by atoms with Gasteiger partial charge in [-0.1, -0.05) is 0 Å². The van der Waals surface area contributed by atoms with Gasteiger partial charge in [-0.05, 0) is 50.6 Å². The topological polar surface area (TPSA) is 72.6 Å². The van der Waals surface area contributed by atoms with Crippen LogP contribution in [0, 0.1) is 5.92 Å². The lowest BCUT2D eigenvalue weighted by atomic mass is 10.0. The number of hydrogen-bond acceptors (Lipinski definition) is 6. The van der Waals surface area contributed by atoms with Crippen molar-refractivity contribution in [3.63, 3.8) is 0 Å². The van der Waals surface area contributed by atoms with E-state index in [0.717, 1.165) is 67.0 Å². The third-order valence-corrected chi connectivity index (χ3v) is 5.73. The molecule has 2 saturated heterocycles. The molecule has 0 amide bonds. The van der Waals surface area contributed by atoms with E-state index in [0.29, 0.717) is 12.5 Å². The van der Waals surface area contributed by atoms with Gasteiger partial charge in [0.25, 0.3) is 0 Å². The zero-order chi connectivity index (χ0) is 19.8. The molecule has 0 bridgehead atoms. The lowest BCUT2D eigenvalue weighted by Gasteiger charge is -2.35. The van der Waals surface area contributed by atoms with E-state index in [1.54, 1.807) is 12.1 Å². The number of rotatable bonds is 5. The van der Waals surface area contributed by atoms with Gasteiger partial charge in [0.1, 0.15) is 11.5 Å². The van der Waals surface area contributed by atoms with Gasteiger partial charge in [-0.3, -0.25) is 0 Å². The van der Waals surface area contributed by atoms with Crippen molar-refractivity contribution in [1.82, 2.24) is 19.7 Å². The van der Waals surface area contributed by atoms with Gasteiger partial charge in [-0.2, -0.15) is 5.10 Å². The van der Waals surface area contributed by atoms with Crippen LogP contribution in [0.25, 0.3) is 22.3 Å². The molecule has 2 aromatic heterocycles. The fraction of sp³-hybridized carbons (Fsp3) is 0.455. The molecule has 2 aliphatic rings. The maximum absolute atomic E-state index is 9.63. The number of pyridine rings is 1. The van der Waals surface area contributed by atoms with E-state index in [9.17, 15) is 5.11 Å². The average Bonchev–Trinajstić information content (AvgIpc) is 3.15. The summed E-state index contributed by atoms with van der Waals surface area (Å²) < 4.78 is 14.1. The number of fused-ring (bicyclic) bond motifs is 1. The van der Waals surface area contributed by atoms with Crippen LogP contribution < -0.4 is 4.74 Å². The van der Waals surface area contributed by atoms with Gasteiger partial charge in [0.15, 0.2) is 11.9 Å². The monoisotopic (exact) mass is 394 g/mol. The Labute approximate surface area is 169 Å². The normalized spacial score (nSPS) is 20.7. The minimum Gasteiger partial charge on any atom is -0.508 e. The van der Waals surface area contributed by atoms with Crippen LogP contribution in [0.1, 0.15) is 25.5 Å². The van der Waals surface area contributed by atoms with Gasteiger partial charge >= 0.3 is 0 Å². The highest BCUT2D eigenvalue weighted by Gasteiger charge is 2.25. The summed E-state index contributed by atoms with van der Waals surface area (Å²) in [4.78, 5) is 7.18. The van der Waals surface area contributed by atoms with Gasteiger partial charge in [0, 0.05) is 37.2 Å². The molecular weight excluding hydrogens is 368 g/mol. The van der Waals surface area contributed by atoms with Crippen molar-refractivity contribution in [2.45, 2.75) is 25.5 Å². The Kier molecular flexibility index (Phi) is 4.85. The van der Waals surface area contributed by atoms with E-state index < -0.39 is 0 Å². The largest absolute Gasteiger partial charge is 0.508 e. The molecule has 1 atom stereocenters. The van der Waals surface area contributed by atoms with E-state index >= 15 is 0 Å². The Hall–Kier alpha value is -2.64. The standard InChI is InChI=1S/C22H26N4O3/c1-25-12-15(13-25)14-29-20-10-19(16-5-7-17(27)8-6-16)24-22-18(20)11-23-26(22)21-4-2-3-9-28-21/h5-8,10-11,15,21,27H,2-4,9,12-14H2,1H3. The van der Waals surface area contributed by atoms with Crippen molar-refractivity contribution in [3.8, 4) is 22.8 Å². The third kappa shape index (κ3) is 3.68. The number of benzene rings is 1. The van der Waals surface area contributed by atoms with Crippen LogP contribution in [0.5, 0.6) is 11.5 Å². The van der Waals surface area contributed by atoms with Crippen molar-refractivity contribution in [2.24, 2.45) is 5.92 Å². The number of aromatic nitrogens is 3. The Morgan fingerprint density at radius 1 is 1.21 bits per heavy atom. The lowest BCUT2D eigenvalue weighted by molar-refractivity contribution is -0.0370. The van der Waals surface area contributed by atoms with Crippen LogP contribution in [0.4, 0.5) is 0 Å². The number of phenols is 1. The van der Waals surface area contributed by atoms with Crippen LogP contribution in [-0.2, 0) is 4.74 Å². The first-order chi connectivity index (χ1) is 14.2. The summed E-state index contributed by atoms with van der Waals surface area (Å²) >= 11 is 0. The predicted octanol–water partition coefficient (Wildman–Crippen LogP) is 3.44. The maximum Gasteiger partial charge on any atom is 0.164 e. The Morgan fingerprint density at radius 3 is 2.76 bits per heavy atom. The number of phenolic OH excluding ortho intramolecular Hbond substituents is 1. The second-order valence-electron chi connectivity index (χ2n) is 8.10. The summed E-state index contributed by atoms with van der Waals surface area (Å²) in [5.74, 6) is 1.59. The molecule has 1 aromatic carbocycles. The van der Waals surface area contributed by atoms with Crippen LogP contribution >= 0.6 is 0 Å². The molecule has 0 aliphatic carbocycles. The van der Waals surface area contributed by atoms with E-state index in [4.69, 9.17) is 14.5 Å². The molecule has 2 aliphatic heterocycles. The molecule has 7 nitrogen and oxygen atoms in total. The number of likely N-dealkylation sites (tertiary alicyclic amines) is 1. The van der Waals surface area contributed by atoms with E-state index in [1.807, 2.05) is 29.1 Å². The number of nitrogens with zero attached hydrogens (tertiary/aromatic N) is 4. The molecule has 5 rings (SSSR count). The summed E-state index contributed by atoms with van der Waals surface area (Å²) in [6.07, 6.45) is 4.90. The second-order valence-corrected chi connectivity index (χ2v) is 8.10. The van der Waals surface area contributed by atoms with Crippen molar-refractivity contribution >= 4 is 11.0 Å². The van der Waals surface area contributed by atoms with Gasteiger partial charge < -0.3 is 19.5 Å². The van der Waals surface area contributed by atoms with E-state index in [-0.39, 0.29) is 12.0 Å². The molecule has 0 radical (unpaired) electrons. The first-order valence-electron chi connectivity index (χ1n) is 10.3. The minimum atomic E-state index is -0.0862. The lowest BCUT2D eigenvalue weighted by Crippen LogP contribution is -2.46. The summed E-state index contributed by atoms with van der Waals surface area (Å²) in [5.41, 5.74) is 2.51. The maximum atomic E-state index is 9.63. The van der Waals surface area contributed by atoms with Crippen molar-refractivity contribution in [3.05, 3.63) is 36.5 Å². The Bertz CT molecular complexity index is 989. The molecular formula is C22H26N4O3. The first kappa shape index (κ1) is 18.4. The van der Waals surface area contributed by atoms with Crippen molar-refractivity contribution < 1.29 is 14.6 Å². The highest BCUT2D eigenvalue weighted by molar-refractivity contribution is 5.85. The quantitative estimate of drug-likeness (QED) is 0.715. The highest BCUT2D eigenvalue weighted by Crippen LogP contribution is 2.34. The molecule has 0 saturated carbocycles. The minimum absolute atomic E-state index is 0.0862. The van der Waals surface area contributed by atoms with E-state index in [1.165, 1.54) is 0 Å². The third-order valence-electron chi connectivity index (χ3n) is 5.73. The van der Waals surface area contributed by atoms with Crippen LogP contribution in [0.2, 0.25) is 0 Å². The predicted molar refractivity (Wildman–Crippen MR) is 110 cm³/mol. The zero-order valence-corrected chi connectivity index (χ0v) is 16.6. The fourth-order valence-corrected chi connectivity index (χ4v) is 4.16. The summed E-state index contributed by atoms with van der Waals surface area (Å²) in [6, 6.07) is 9.06. The summed E-state index contributed by atoms with van der Waals surface area (Å²) in [5, 5.41) is 15.1. The number of ether oxygens (including phenoxy) is 2. The van der Waals surface area contributed by atoms with Gasteiger partial charge in [0.05, 0.1) is 23.9 Å². The smallest absolute Gasteiger partial charge is 0.164 e. The Morgan fingerprint density at radius 2 is 2.03 bits per heavy atom. The number of hydrogen-bond donors (Lipinski definition) is 1. The summed E-state index contributed by atoms with van der Waals surface area (Å²) in [6.45, 7) is 3.56. The molecule has 4 heterocycles. The molecule has 7 heteroatoms. The zero-order valence-electron chi connectivity index (χ0n) is 16.6. The van der Waals surface area contributed by atoms with Crippen LogP contribution in [0.3, 0.4) is 0 Å². The highest BCUT2D eigenvalue weighted by atomic mass is 16.5. The molecule has 2 fully saturated rings. The summed E-state index contributed by atoms with van der Waals surface area (Å²) in [7, 11) is 2.12. The van der Waals surface area contributed by atoms with Gasteiger partial charge in [0.2, 0.25) is 0 Å². The molecule has 3 aromatic rings. The van der Waals surface area contributed by atoms with Gasteiger partial charge in [-0.15, -0.1) is 0 Å². The Balaban J connectivity index is 1.53. The SMILES string of the molecule is CN1CC(COc2cc(-c3ccc(O)cc3)nc3c2cnn3C2CCCCO2)C1. The first-order valence-corrected chi connectivity index (χ1v) is 10.3. The average molecular weight is 394 g/mol. The van der Waals surface area contributed by atoms with Crippen molar-refractivity contribution in [2.75, 3.05) is 33.4 Å². The molecule has 152 valence electrons. The molecule has 1 N–H and O–H groups in total. The van der Waals surface area contributed by atoms with E-state index in [2.05, 4.69) is 17.0 Å². The second kappa shape index (κ2) is 7.65.